The van der Waals surface area contributed by atoms with Gasteiger partial charge in [0.25, 0.3) is 0 Å². The van der Waals surface area contributed by atoms with Crippen molar-refractivity contribution in [3.63, 3.8) is 0 Å². The van der Waals surface area contributed by atoms with Gasteiger partial charge in [0.1, 0.15) is 0 Å². The molecule has 0 amide bonds. The lowest BCUT2D eigenvalue weighted by atomic mass is 9.97. The normalized spacial score (nSPS) is 14.4. The molecule has 1 unspecified atom stereocenters. The van der Waals surface area contributed by atoms with Crippen LogP contribution in [-0.4, -0.2) is 25.5 Å². The highest BCUT2D eigenvalue weighted by molar-refractivity contribution is 7.92. The molecule has 0 spiro atoms. The standard InChI is InChI=1S/C15H34N2O2S/c1-5-6-7-8-9-10-11-12-13-14(17-16)15(2,3)20(4,18)19/h14,17H,5-13,16H2,1-4H3. The van der Waals surface area contributed by atoms with Crippen LogP contribution >= 0.6 is 0 Å². The van der Waals surface area contributed by atoms with Crippen molar-refractivity contribution in [2.45, 2.75) is 89.3 Å². The molecule has 122 valence electrons. The Morgan fingerprint density at radius 3 is 1.85 bits per heavy atom. The van der Waals surface area contributed by atoms with E-state index in [1.807, 2.05) is 0 Å². The minimum atomic E-state index is -3.11. The lowest BCUT2D eigenvalue weighted by Crippen LogP contribution is -2.53. The molecule has 0 aliphatic heterocycles. The average molecular weight is 307 g/mol. The van der Waals surface area contributed by atoms with E-state index in [4.69, 9.17) is 5.84 Å². The van der Waals surface area contributed by atoms with Crippen LogP contribution in [0.5, 0.6) is 0 Å². The van der Waals surface area contributed by atoms with Crippen molar-refractivity contribution in [1.29, 1.82) is 0 Å². The van der Waals surface area contributed by atoms with Gasteiger partial charge in [0.2, 0.25) is 0 Å². The maximum absolute atomic E-state index is 11.8. The molecular weight excluding hydrogens is 272 g/mol. The number of hydrazine groups is 1. The molecule has 3 N–H and O–H groups in total. The fourth-order valence-electron chi connectivity index (χ4n) is 2.37. The smallest absolute Gasteiger partial charge is 0.154 e. The van der Waals surface area contributed by atoms with Crippen LogP contribution in [0.4, 0.5) is 0 Å². The second-order valence-corrected chi connectivity index (χ2v) is 8.95. The van der Waals surface area contributed by atoms with E-state index in [1.165, 1.54) is 44.8 Å². The first kappa shape index (κ1) is 19.9. The highest BCUT2D eigenvalue weighted by Crippen LogP contribution is 2.24. The van der Waals surface area contributed by atoms with E-state index in [0.29, 0.717) is 0 Å². The van der Waals surface area contributed by atoms with Crippen molar-refractivity contribution in [3.05, 3.63) is 0 Å². The summed E-state index contributed by atoms with van der Waals surface area (Å²) < 4.78 is 22.8. The highest BCUT2D eigenvalue weighted by Gasteiger charge is 2.37. The molecule has 0 saturated heterocycles. The Bertz CT molecular complexity index is 340. The number of hydrogen-bond acceptors (Lipinski definition) is 4. The topological polar surface area (TPSA) is 72.2 Å². The zero-order valence-electron chi connectivity index (χ0n) is 13.7. The average Bonchev–Trinajstić information content (AvgIpc) is 2.35. The zero-order valence-corrected chi connectivity index (χ0v) is 14.6. The van der Waals surface area contributed by atoms with Gasteiger partial charge in [-0.25, -0.2) is 8.42 Å². The maximum Gasteiger partial charge on any atom is 0.154 e. The number of nitrogens with two attached hydrogens (primary N) is 1. The van der Waals surface area contributed by atoms with E-state index in [-0.39, 0.29) is 6.04 Å². The molecule has 0 aromatic heterocycles. The molecule has 0 bridgehead atoms. The van der Waals surface area contributed by atoms with Gasteiger partial charge in [0.15, 0.2) is 9.84 Å². The van der Waals surface area contributed by atoms with Gasteiger partial charge in [-0.15, -0.1) is 0 Å². The van der Waals surface area contributed by atoms with Gasteiger partial charge < -0.3 is 0 Å². The summed E-state index contributed by atoms with van der Waals surface area (Å²) in [5.74, 6) is 5.54. The fourth-order valence-corrected chi connectivity index (χ4v) is 3.08. The van der Waals surface area contributed by atoms with Gasteiger partial charge in [-0.3, -0.25) is 11.3 Å². The van der Waals surface area contributed by atoms with Crippen molar-refractivity contribution in [2.24, 2.45) is 5.84 Å². The molecule has 5 heteroatoms. The van der Waals surface area contributed by atoms with Crippen molar-refractivity contribution in [1.82, 2.24) is 5.43 Å². The van der Waals surface area contributed by atoms with Crippen LogP contribution in [0.25, 0.3) is 0 Å². The summed E-state index contributed by atoms with van der Waals surface area (Å²) in [5, 5.41) is 0. The predicted molar refractivity (Wildman–Crippen MR) is 87.3 cm³/mol. The van der Waals surface area contributed by atoms with E-state index < -0.39 is 14.6 Å². The lowest BCUT2D eigenvalue weighted by molar-refractivity contribution is 0.379. The first-order valence-electron chi connectivity index (χ1n) is 7.93. The van der Waals surface area contributed by atoms with Gasteiger partial charge in [0, 0.05) is 12.3 Å². The quantitative estimate of drug-likeness (QED) is 0.330. The Balaban J connectivity index is 3.92. The number of nitrogens with one attached hydrogen (secondary N) is 1. The molecule has 0 aliphatic rings. The third-order valence-electron chi connectivity index (χ3n) is 4.34. The van der Waals surface area contributed by atoms with Crippen LogP contribution in [0.1, 0.15) is 78.6 Å². The zero-order chi connectivity index (χ0) is 15.6. The molecule has 1 atom stereocenters. The van der Waals surface area contributed by atoms with E-state index in [2.05, 4.69) is 12.3 Å². The Morgan fingerprint density at radius 2 is 1.45 bits per heavy atom. The highest BCUT2D eigenvalue weighted by atomic mass is 32.2. The first-order chi connectivity index (χ1) is 9.27. The van der Waals surface area contributed by atoms with Gasteiger partial charge in [-0.2, -0.15) is 0 Å². The summed E-state index contributed by atoms with van der Waals surface area (Å²) in [7, 11) is -3.11. The lowest BCUT2D eigenvalue weighted by Gasteiger charge is -2.32. The van der Waals surface area contributed by atoms with E-state index in [0.717, 1.165) is 19.3 Å². The molecule has 4 nitrogen and oxygen atoms in total. The van der Waals surface area contributed by atoms with Crippen LogP contribution < -0.4 is 11.3 Å². The van der Waals surface area contributed by atoms with Crippen LogP contribution in [-0.2, 0) is 9.84 Å². The molecular formula is C15H34N2O2S. The summed E-state index contributed by atoms with van der Waals surface area (Å²) in [5.41, 5.74) is 2.69. The van der Waals surface area contributed by atoms with Crippen molar-refractivity contribution in [2.75, 3.05) is 6.26 Å². The number of rotatable bonds is 12. The molecule has 0 fully saturated rings. The van der Waals surface area contributed by atoms with Crippen LogP contribution in [0.3, 0.4) is 0 Å². The van der Waals surface area contributed by atoms with Crippen LogP contribution in [0, 0.1) is 0 Å². The van der Waals surface area contributed by atoms with Gasteiger partial charge in [0.05, 0.1) is 4.75 Å². The molecule has 0 aromatic rings. The summed E-state index contributed by atoms with van der Waals surface area (Å²) in [4.78, 5) is 0. The predicted octanol–water partition coefficient (Wildman–Crippen LogP) is 3.17. The minimum absolute atomic E-state index is 0.183. The third-order valence-corrected chi connectivity index (χ3v) is 6.54. The van der Waals surface area contributed by atoms with Gasteiger partial charge in [-0.05, 0) is 20.3 Å². The van der Waals surface area contributed by atoms with Gasteiger partial charge in [-0.1, -0.05) is 58.3 Å². The third kappa shape index (κ3) is 7.04. The van der Waals surface area contributed by atoms with Crippen molar-refractivity contribution < 1.29 is 8.42 Å². The molecule has 0 radical (unpaired) electrons. The summed E-state index contributed by atoms with van der Waals surface area (Å²) in [6, 6.07) is -0.183. The SMILES string of the molecule is CCCCCCCCCCC(NN)C(C)(C)S(C)(=O)=O. The van der Waals surface area contributed by atoms with E-state index in [9.17, 15) is 8.42 Å². The molecule has 0 heterocycles. The van der Waals surface area contributed by atoms with Crippen LogP contribution in [0.2, 0.25) is 0 Å². The summed E-state index contributed by atoms with van der Waals surface area (Å²) in [6.45, 7) is 5.72. The van der Waals surface area contributed by atoms with Crippen molar-refractivity contribution >= 4 is 9.84 Å². The minimum Gasteiger partial charge on any atom is -0.271 e. The second-order valence-electron chi connectivity index (χ2n) is 6.36. The maximum atomic E-state index is 11.8. The van der Waals surface area contributed by atoms with Gasteiger partial charge >= 0.3 is 0 Å². The van der Waals surface area contributed by atoms with E-state index >= 15 is 0 Å². The monoisotopic (exact) mass is 306 g/mol. The number of sulfone groups is 1. The molecule has 0 aromatic carbocycles. The Labute approximate surface area is 125 Å². The second kappa shape index (κ2) is 9.74. The fraction of sp³-hybridized carbons (Fsp3) is 1.00. The molecule has 0 saturated carbocycles. The molecule has 0 rings (SSSR count). The Morgan fingerprint density at radius 1 is 1.00 bits per heavy atom. The molecule has 0 aliphatic carbocycles. The Kier molecular flexibility index (Phi) is 9.68. The largest absolute Gasteiger partial charge is 0.271 e. The Hall–Kier alpha value is -0.130. The van der Waals surface area contributed by atoms with Crippen molar-refractivity contribution in [3.8, 4) is 0 Å². The van der Waals surface area contributed by atoms with Crippen LogP contribution in [0.15, 0.2) is 0 Å². The van der Waals surface area contributed by atoms with E-state index in [1.54, 1.807) is 13.8 Å². The number of unbranched alkanes of at least 4 members (excludes halogenated alkanes) is 7. The first-order valence-corrected chi connectivity index (χ1v) is 9.82. The molecule has 20 heavy (non-hydrogen) atoms. The number of hydrogen-bond donors (Lipinski definition) is 2. The summed E-state index contributed by atoms with van der Waals surface area (Å²) >= 11 is 0. The summed E-state index contributed by atoms with van der Waals surface area (Å²) in [6.07, 6.45) is 12.1.